The molecule has 0 radical (unpaired) electrons. The molecule has 0 spiro atoms. The molecule has 3 rings (SSSR count). The number of rotatable bonds is 3. The zero-order valence-electron chi connectivity index (χ0n) is 8.62. The number of hydrogen-bond acceptors (Lipinski definition) is 2. The zero-order valence-corrected chi connectivity index (χ0v) is 8.62. The molecule has 3 nitrogen and oxygen atoms in total. The fourth-order valence-corrected chi connectivity index (χ4v) is 1.70. The highest BCUT2D eigenvalue weighted by molar-refractivity contribution is 5.81. The van der Waals surface area contributed by atoms with Gasteiger partial charge in [-0.05, 0) is 31.2 Å². The Labute approximate surface area is 88.0 Å². The number of benzene rings is 1. The number of aromatic nitrogens is 1. The first kappa shape index (κ1) is 8.80. The Kier molecular flexibility index (Phi) is 1.92. The van der Waals surface area contributed by atoms with Gasteiger partial charge in [-0.1, -0.05) is 0 Å². The topological polar surface area (TPSA) is 37.5 Å². The van der Waals surface area contributed by atoms with Gasteiger partial charge < -0.3 is 14.5 Å². The smallest absolute Gasteiger partial charge is 0.120 e. The highest BCUT2D eigenvalue weighted by Gasteiger charge is 2.22. The molecule has 3 heteroatoms. The summed E-state index contributed by atoms with van der Waals surface area (Å²) >= 11 is 0. The number of fused-ring (bicyclic) bond motifs is 1. The van der Waals surface area contributed by atoms with E-state index in [-0.39, 0.29) is 0 Å². The third kappa shape index (κ3) is 1.83. The van der Waals surface area contributed by atoms with Crippen molar-refractivity contribution >= 4 is 10.9 Å². The van der Waals surface area contributed by atoms with Crippen molar-refractivity contribution in [3.8, 4) is 5.75 Å². The molecule has 0 bridgehead atoms. The molecule has 1 aliphatic heterocycles. The third-order valence-electron chi connectivity index (χ3n) is 2.57. The molecule has 15 heavy (non-hydrogen) atoms. The van der Waals surface area contributed by atoms with Crippen molar-refractivity contribution in [2.75, 3.05) is 13.2 Å². The molecule has 1 N–H and O–H groups in total. The number of aryl methyl sites for hydroxylation is 1. The maximum Gasteiger partial charge on any atom is 0.120 e. The zero-order chi connectivity index (χ0) is 10.3. The standard InChI is InChI=1S/C12H13NO2/c1-8-4-9-5-10(2-3-12(9)13-8)14-6-11-7-15-11/h2-5,11,13H,6-7H2,1H3/t11-/m1/s1. The van der Waals surface area contributed by atoms with Gasteiger partial charge in [0.05, 0.1) is 6.61 Å². The predicted octanol–water partition coefficient (Wildman–Crippen LogP) is 2.25. The van der Waals surface area contributed by atoms with E-state index in [0.29, 0.717) is 12.7 Å². The predicted molar refractivity (Wildman–Crippen MR) is 58.3 cm³/mol. The normalized spacial score (nSPS) is 19.4. The highest BCUT2D eigenvalue weighted by atomic mass is 16.6. The maximum atomic E-state index is 5.61. The lowest BCUT2D eigenvalue weighted by atomic mass is 10.2. The minimum Gasteiger partial charge on any atom is -0.491 e. The van der Waals surface area contributed by atoms with Gasteiger partial charge in [0, 0.05) is 16.6 Å². The summed E-state index contributed by atoms with van der Waals surface area (Å²) in [6, 6.07) is 8.21. The van der Waals surface area contributed by atoms with Crippen LogP contribution in [-0.4, -0.2) is 24.3 Å². The van der Waals surface area contributed by atoms with Crippen LogP contribution in [0.15, 0.2) is 24.3 Å². The van der Waals surface area contributed by atoms with Crippen LogP contribution in [0.25, 0.3) is 10.9 Å². The summed E-state index contributed by atoms with van der Waals surface area (Å²) in [6.07, 6.45) is 0.314. The summed E-state index contributed by atoms with van der Waals surface area (Å²) in [4.78, 5) is 3.28. The highest BCUT2D eigenvalue weighted by Crippen LogP contribution is 2.22. The molecule has 1 saturated heterocycles. The van der Waals surface area contributed by atoms with Gasteiger partial charge in [0.15, 0.2) is 0 Å². The SMILES string of the molecule is Cc1cc2cc(OC[C@@H]3CO3)ccc2[nH]1. The molecule has 0 aliphatic carbocycles. The Bertz CT molecular complexity index is 485. The molecule has 78 valence electrons. The average molecular weight is 203 g/mol. The molecule has 0 unspecified atom stereocenters. The molecule has 0 saturated carbocycles. The van der Waals surface area contributed by atoms with E-state index >= 15 is 0 Å². The number of ether oxygens (including phenoxy) is 2. The number of nitrogens with one attached hydrogen (secondary N) is 1. The third-order valence-corrected chi connectivity index (χ3v) is 2.57. The largest absolute Gasteiger partial charge is 0.491 e. The summed E-state index contributed by atoms with van der Waals surface area (Å²) in [5.74, 6) is 0.914. The second-order valence-corrected chi connectivity index (χ2v) is 3.97. The summed E-state index contributed by atoms with van der Waals surface area (Å²) in [5, 5.41) is 1.20. The molecule has 1 aromatic carbocycles. The van der Waals surface area contributed by atoms with Crippen molar-refractivity contribution in [1.29, 1.82) is 0 Å². The molecule has 2 aromatic rings. The van der Waals surface area contributed by atoms with Gasteiger partial charge >= 0.3 is 0 Å². The summed E-state index contributed by atoms with van der Waals surface area (Å²) in [5.41, 5.74) is 2.33. The van der Waals surface area contributed by atoms with Gasteiger partial charge in [-0.3, -0.25) is 0 Å². The monoisotopic (exact) mass is 203 g/mol. The first-order valence-corrected chi connectivity index (χ1v) is 5.15. The van der Waals surface area contributed by atoms with Crippen LogP contribution in [0, 0.1) is 6.92 Å². The Morgan fingerprint density at radius 1 is 1.47 bits per heavy atom. The van der Waals surface area contributed by atoms with E-state index in [1.807, 2.05) is 12.1 Å². The lowest BCUT2D eigenvalue weighted by Gasteiger charge is -2.03. The number of epoxide rings is 1. The van der Waals surface area contributed by atoms with E-state index in [9.17, 15) is 0 Å². The van der Waals surface area contributed by atoms with Gasteiger partial charge in [0.1, 0.15) is 18.5 Å². The lowest BCUT2D eigenvalue weighted by molar-refractivity contribution is 0.263. The Hall–Kier alpha value is -1.48. The summed E-state index contributed by atoms with van der Waals surface area (Å²) < 4.78 is 10.7. The number of H-pyrrole nitrogens is 1. The van der Waals surface area contributed by atoms with Gasteiger partial charge in [-0.15, -0.1) is 0 Å². The summed E-state index contributed by atoms with van der Waals surface area (Å²) in [7, 11) is 0. The van der Waals surface area contributed by atoms with Crippen LogP contribution in [-0.2, 0) is 4.74 Å². The van der Waals surface area contributed by atoms with Crippen molar-refractivity contribution in [2.24, 2.45) is 0 Å². The van der Waals surface area contributed by atoms with Crippen molar-refractivity contribution in [2.45, 2.75) is 13.0 Å². The van der Waals surface area contributed by atoms with E-state index in [4.69, 9.17) is 9.47 Å². The van der Waals surface area contributed by atoms with Crippen LogP contribution >= 0.6 is 0 Å². The van der Waals surface area contributed by atoms with Crippen molar-refractivity contribution < 1.29 is 9.47 Å². The van der Waals surface area contributed by atoms with Crippen molar-refractivity contribution in [1.82, 2.24) is 4.98 Å². The second-order valence-electron chi connectivity index (χ2n) is 3.97. The summed E-state index contributed by atoms with van der Waals surface area (Å²) in [6.45, 7) is 3.55. The van der Waals surface area contributed by atoms with Crippen LogP contribution in [0.1, 0.15) is 5.69 Å². The molecular formula is C12H13NO2. The molecule has 1 atom stereocenters. The number of aromatic amines is 1. The van der Waals surface area contributed by atoms with Crippen LogP contribution < -0.4 is 4.74 Å². The quantitative estimate of drug-likeness (QED) is 0.777. The molecule has 2 heterocycles. The molecule has 1 fully saturated rings. The van der Waals surface area contributed by atoms with Gasteiger partial charge in [-0.25, -0.2) is 0 Å². The van der Waals surface area contributed by atoms with E-state index in [0.717, 1.165) is 17.9 Å². The lowest BCUT2D eigenvalue weighted by Crippen LogP contribution is -2.03. The van der Waals surface area contributed by atoms with E-state index in [1.54, 1.807) is 0 Å². The average Bonchev–Trinajstić information content (AvgIpc) is 2.96. The first-order valence-electron chi connectivity index (χ1n) is 5.15. The Morgan fingerprint density at radius 3 is 3.13 bits per heavy atom. The van der Waals surface area contributed by atoms with E-state index in [1.165, 1.54) is 11.1 Å². The number of hydrogen-bond donors (Lipinski definition) is 1. The van der Waals surface area contributed by atoms with Crippen LogP contribution in [0.2, 0.25) is 0 Å². The van der Waals surface area contributed by atoms with Gasteiger partial charge in [0.2, 0.25) is 0 Å². The Morgan fingerprint density at radius 2 is 2.33 bits per heavy atom. The van der Waals surface area contributed by atoms with Crippen molar-refractivity contribution in [3.05, 3.63) is 30.0 Å². The van der Waals surface area contributed by atoms with E-state index in [2.05, 4.69) is 24.0 Å². The van der Waals surface area contributed by atoms with Gasteiger partial charge in [0.25, 0.3) is 0 Å². The minimum absolute atomic E-state index is 0.314. The molecule has 1 aliphatic rings. The minimum atomic E-state index is 0.314. The fraction of sp³-hybridized carbons (Fsp3) is 0.333. The van der Waals surface area contributed by atoms with Crippen molar-refractivity contribution in [3.63, 3.8) is 0 Å². The molecule has 0 amide bonds. The van der Waals surface area contributed by atoms with Crippen LogP contribution in [0.4, 0.5) is 0 Å². The Balaban J connectivity index is 1.84. The fourth-order valence-electron chi connectivity index (χ4n) is 1.70. The van der Waals surface area contributed by atoms with Crippen LogP contribution in [0.3, 0.4) is 0 Å². The molecule has 1 aromatic heterocycles. The van der Waals surface area contributed by atoms with E-state index < -0.39 is 0 Å². The van der Waals surface area contributed by atoms with Crippen LogP contribution in [0.5, 0.6) is 5.75 Å². The van der Waals surface area contributed by atoms with Gasteiger partial charge in [-0.2, -0.15) is 0 Å². The maximum absolute atomic E-state index is 5.61. The second kappa shape index (κ2) is 3.28. The first-order chi connectivity index (χ1) is 7.31. The molecular weight excluding hydrogens is 190 g/mol.